The Labute approximate surface area is 231 Å². The number of anilines is 1. The standard InChI is InChI=1S/C27H48N5O2PS2/c1-6-32(7-2)37(33,34)25-18-16-24(17-19-25)28-26(36)29-35(27(3,4)5,30-20-12-8-9-13-21-30)31-22-14-10-11-15-23-31/h16-19H,6-15,20-23H2,1-5H3,(H,28,36). The van der Waals surface area contributed by atoms with Crippen LogP contribution < -0.4 is 5.32 Å². The summed E-state index contributed by atoms with van der Waals surface area (Å²) < 4.78 is 38.1. The van der Waals surface area contributed by atoms with E-state index in [9.17, 15) is 8.42 Å². The molecular weight excluding hydrogens is 521 g/mol. The first kappa shape index (κ1) is 30.7. The minimum atomic E-state index is -3.49. The van der Waals surface area contributed by atoms with Gasteiger partial charge in [-0.1, -0.05) is 60.3 Å². The molecule has 2 aliphatic heterocycles. The molecule has 0 unspecified atom stereocenters. The summed E-state index contributed by atoms with van der Waals surface area (Å²) in [6.45, 7) is 15.9. The molecule has 0 spiro atoms. The van der Waals surface area contributed by atoms with Gasteiger partial charge in [-0.05, 0) is 62.2 Å². The summed E-state index contributed by atoms with van der Waals surface area (Å²) in [4.78, 5) is 0.301. The molecule has 2 heterocycles. The lowest BCUT2D eigenvalue weighted by Crippen LogP contribution is -2.42. The van der Waals surface area contributed by atoms with Crippen LogP contribution in [0.15, 0.2) is 33.9 Å². The van der Waals surface area contributed by atoms with Crippen molar-refractivity contribution in [2.45, 2.75) is 96.0 Å². The number of nitrogens with one attached hydrogen (secondary N) is 1. The highest BCUT2D eigenvalue weighted by Gasteiger charge is 2.44. The molecule has 10 heteroatoms. The molecule has 1 aromatic carbocycles. The van der Waals surface area contributed by atoms with Gasteiger partial charge in [-0.25, -0.2) is 13.2 Å². The Bertz CT molecular complexity index is 1010. The number of rotatable bonds is 7. The second-order valence-corrected chi connectivity index (χ2v) is 17.3. The summed E-state index contributed by atoms with van der Waals surface area (Å²) in [5, 5.41) is 3.80. The SMILES string of the molecule is CCN(CC)S(=O)(=O)c1ccc(NC(=S)N=P(N2CCCCCC2)(N2CCCCCC2)C(C)(C)C)cc1. The van der Waals surface area contributed by atoms with Crippen molar-refractivity contribution in [2.24, 2.45) is 4.74 Å². The Balaban J connectivity index is 1.97. The highest BCUT2D eigenvalue weighted by Crippen LogP contribution is 2.66. The van der Waals surface area contributed by atoms with E-state index in [-0.39, 0.29) is 5.16 Å². The first-order chi connectivity index (χ1) is 17.6. The van der Waals surface area contributed by atoms with Crippen LogP contribution in [0.5, 0.6) is 0 Å². The molecule has 0 amide bonds. The molecule has 7 nitrogen and oxygen atoms in total. The van der Waals surface area contributed by atoms with E-state index in [0.717, 1.165) is 31.9 Å². The Hall–Kier alpha value is -0.830. The maximum absolute atomic E-state index is 12.9. The summed E-state index contributed by atoms with van der Waals surface area (Å²) in [6.07, 6.45) is 9.98. The fraction of sp³-hybridized carbons (Fsp3) is 0.741. The highest BCUT2D eigenvalue weighted by molar-refractivity contribution is 7.89. The number of nitrogens with zero attached hydrogens (tertiary/aromatic N) is 4. The molecule has 1 N–H and O–H groups in total. The van der Waals surface area contributed by atoms with Gasteiger partial charge in [0.15, 0.2) is 5.11 Å². The van der Waals surface area contributed by atoms with Gasteiger partial charge >= 0.3 is 0 Å². The van der Waals surface area contributed by atoms with E-state index in [1.165, 1.54) is 55.7 Å². The van der Waals surface area contributed by atoms with Crippen molar-refractivity contribution in [2.75, 3.05) is 44.6 Å². The van der Waals surface area contributed by atoms with Crippen molar-refractivity contribution in [3.63, 3.8) is 0 Å². The highest BCUT2D eigenvalue weighted by atomic mass is 32.2. The zero-order valence-electron chi connectivity index (χ0n) is 23.6. The molecule has 0 radical (unpaired) electrons. The van der Waals surface area contributed by atoms with Gasteiger partial charge in [0.2, 0.25) is 10.0 Å². The monoisotopic (exact) mass is 569 g/mol. The minimum Gasteiger partial charge on any atom is -0.331 e. The van der Waals surface area contributed by atoms with Crippen molar-refractivity contribution in [3.05, 3.63) is 24.3 Å². The molecule has 2 saturated heterocycles. The molecule has 2 fully saturated rings. The fourth-order valence-electron chi connectivity index (χ4n) is 5.67. The maximum atomic E-state index is 12.9. The van der Waals surface area contributed by atoms with Gasteiger partial charge in [0.25, 0.3) is 0 Å². The summed E-state index contributed by atoms with van der Waals surface area (Å²) in [5.74, 6) is 0. The number of sulfonamides is 1. The Kier molecular flexibility index (Phi) is 11.2. The van der Waals surface area contributed by atoms with E-state index >= 15 is 0 Å². The summed E-state index contributed by atoms with van der Waals surface area (Å²) in [7, 11) is -5.64. The predicted octanol–water partition coefficient (Wildman–Crippen LogP) is 7.00. The van der Waals surface area contributed by atoms with Crippen LogP contribution in [-0.2, 0) is 10.0 Å². The molecule has 0 aliphatic carbocycles. The number of hydrogen-bond donors (Lipinski definition) is 1. The van der Waals surface area contributed by atoms with Crippen molar-refractivity contribution < 1.29 is 8.42 Å². The van der Waals surface area contributed by atoms with Crippen molar-refractivity contribution in [3.8, 4) is 0 Å². The Morgan fingerprint density at radius 3 is 1.70 bits per heavy atom. The van der Waals surface area contributed by atoms with Crippen molar-refractivity contribution >= 4 is 40.4 Å². The van der Waals surface area contributed by atoms with E-state index in [4.69, 9.17) is 17.0 Å². The predicted molar refractivity (Wildman–Crippen MR) is 162 cm³/mol. The van der Waals surface area contributed by atoms with Gasteiger partial charge in [0.05, 0.1) is 4.90 Å². The van der Waals surface area contributed by atoms with Gasteiger partial charge < -0.3 is 5.32 Å². The van der Waals surface area contributed by atoms with Gasteiger partial charge in [0, 0.05) is 50.1 Å². The molecule has 0 bridgehead atoms. The van der Waals surface area contributed by atoms with E-state index in [1.807, 2.05) is 13.8 Å². The zero-order chi connectivity index (χ0) is 27.1. The van der Waals surface area contributed by atoms with Gasteiger partial charge in [0.1, 0.15) is 7.36 Å². The third-order valence-corrected chi connectivity index (χ3v) is 14.6. The van der Waals surface area contributed by atoms with Crippen molar-refractivity contribution in [1.82, 2.24) is 13.6 Å². The number of thiocarbonyl (C=S) groups is 1. The second kappa shape index (κ2) is 13.5. The molecule has 0 atom stereocenters. The number of benzene rings is 1. The molecule has 37 heavy (non-hydrogen) atoms. The van der Waals surface area contributed by atoms with E-state index in [0.29, 0.717) is 23.1 Å². The lowest BCUT2D eigenvalue weighted by atomic mass is 10.2. The quantitative estimate of drug-likeness (QED) is 0.282. The van der Waals surface area contributed by atoms with Crippen LogP contribution in [0.1, 0.15) is 86.0 Å². The van der Waals surface area contributed by atoms with E-state index in [1.54, 1.807) is 24.3 Å². The van der Waals surface area contributed by atoms with Crippen molar-refractivity contribution in [1.29, 1.82) is 0 Å². The number of hydrogen-bond acceptors (Lipinski definition) is 3. The van der Waals surface area contributed by atoms with Gasteiger partial charge in [-0.3, -0.25) is 9.34 Å². The van der Waals surface area contributed by atoms with E-state index in [2.05, 4.69) is 35.4 Å². The average Bonchev–Trinajstić information content (AvgIpc) is 3.29. The smallest absolute Gasteiger partial charge is 0.243 e. The average molecular weight is 570 g/mol. The largest absolute Gasteiger partial charge is 0.331 e. The second-order valence-electron chi connectivity index (χ2n) is 11.1. The Morgan fingerprint density at radius 1 is 0.892 bits per heavy atom. The molecule has 2 aliphatic rings. The fourth-order valence-corrected chi connectivity index (χ4v) is 12.2. The molecule has 210 valence electrons. The zero-order valence-corrected chi connectivity index (χ0v) is 26.1. The van der Waals surface area contributed by atoms with Gasteiger partial charge in [-0.2, -0.15) is 4.31 Å². The summed E-state index contributed by atoms with van der Waals surface area (Å²) in [6, 6.07) is 6.92. The van der Waals surface area contributed by atoms with Crippen LogP contribution in [0.25, 0.3) is 0 Å². The molecule has 0 saturated carbocycles. The third kappa shape index (κ3) is 7.23. The third-order valence-electron chi connectivity index (χ3n) is 7.53. The Morgan fingerprint density at radius 2 is 1.32 bits per heavy atom. The molecular formula is C27H48N5O2PS2. The molecule has 0 aromatic heterocycles. The van der Waals surface area contributed by atoms with Crippen LogP contribution in [-0.4, -0.2) is 71.6 Å². The molecule has 3 rings (SSSR count). The van der Waals surface area contributed by atoms with E-state index < -0.39 is 17.4 Å². The lowest BCUT2D eigenvalue weighted by Gasteiger charge is -2.50. The van der Waals surface area contributed by atoms with Crippen LogP contribution in [0.4, 0.5) is 5.69 Å². The summed E-state index contributed by atoms with van der Waals surface area (Å²) >= 11 is 5.91. The maximum Gasteiger partial charge on any atom is 0.243 e. The molecule has 1 aromatic rings. The van der Waals surface area contributed by atoms with Crippen LogP contribution in [0, 0.1) is 0 Å². The van der Waals surface area contributed by atoms with Crippen LogP contribution >= 0.6 is 19.6 Å². The van der Waals surface area contributed by atoms with Crippen LogP contribution in [0.2, 0.25) is 0 Å². The lowest BCUT2D eigenvalue weighted by molar-refractivity contribution is 0.368. The first-order valence-electron chi connectivity index (χ1n) is 14.1. The first-order valence-corrected chi connectivity index (χ1v) is 17.6. The minimum absolute atomic E-state index is 0.0465. The summed E-state index contributed by atoms with van der Waals surface area (Å²) in [5.41, 5.74) is 0.769. The normalized spacial score (nSPS) is 19.3. The van der Waals surface area contributed by atoms with Gasteiger partial charge in [-0.15, -0.1) is 0 Å². The van der Waals surface area contributed by atoms with Crippen LogP contribution in [0.3, 0.4) is 0 Å². The topological polar surface area (TPSA) is 68.2 Å².